The van der Waals surface area contributed by atoms with Gasteiger partial charge in [-0.25, -0.2) is 4.39 Å². The molecular formula is C13H12ClFN2OS. The topological polar surface area (TPSA) is 55.1 Å². The van der Waals surface area contributed by atoms with Gasteiger partial charge < -0.3 is 11.1 Å². The van der Waals surface area contributed by atoms with Crippen molar-refractivity contribution in [3.05, 3.63) is 50.9 Å². The van der Waals surface area contributed by atoms with Gasteiger partial charge in [0.15, 0.2) is 0 Å². The number of carbonyl (C=O) groups is 1. The molecule has 3 nitrogen and oxygen atoms in total. The third-order valence-electron chi connectivity index (χ3n) is 2.67. The van der Waals surface area contributed by atoms with Gasteiger partial charge in [-0.05, 0) is 31.2 Å². The van der Waals surface area contributed by atoms with Crippen LogP contribution in [-0.2, 0) is 0 Å². The fourth-order valence-electron chi connectivity index (χ4n) is 1.64. The molecule has 19 heavy (non-hydrogen) atoms. The van der Waals surface area contributed by atoms with Gasteiger partial charge in [0, 0.05) is 4.88 Å². The van der Waals surface area contributed by atoms with Gasteiger partial charge in [0.25, 0.3) is 5.91 Å². The van der Waals surface area contributed by atoms with Gasteiger partial charge in [-0.2, -0.15) is 0 Å². The van der Waals surface area contributed by atoms with E-state index in [0.29, 0.717) is 4.34 Å². The summed E-state index contributed by atoms with van der Waals surface area (Å²) in [5, 5.41) is 2.76. The second-order valence-electron chi connectivity index (χ2n) is 4.04. The summed E-state index contributed by atoms with van der Waals surface area (Å²) in [6.07, 6.45) is 0. The number of hydrogen-bond donors (Lipinski definition) is 2. The summed E-state index contributed by atoms with van der Waals surface area (Å²) < 4.78 is 13.9. The maximum absolute atomic E-state index is 13.3. The van der Waals surface area contributed by atoms with Gasteiger partial charge in [0.05, 0.1) is 21.6 Å². The van der Waals surface area contributed by atoms with Crippen LogP contribution in [0.15, 0.2) is 30.3 Å². The van der Waals surface area contributed by atoms with Gasteiger partial charge in [-0.3, -0.25) is 4.79 Å². The lowest BCUT2D eigenvalue weighted by Crippen LogP contribution is -2.27. The molecule has 0 radical (unpaired) electrons. The molecule has 0 spiro atoms. The number of amides is 1. The Morgan fingerprint density at radius 3 is 2.79 bits per heavy atom. The molecule has 1 amide bonds. The summed E-state index contributed by atoms with van der Waals surface area (Å²) in [5.74, 6) is -1.01. The molecule has 1 unspecified atom stereocenters. The maximum atomic E-state index is 13.3. The zero-order valence-electron chi connectivity index (χ0n) is 10.1. The van der Waals surface area contributed by atoms with Crippen LogP contribution in [0.4, 0.5) is 10.1 Å². The fraction of sp³-hybridized carbons (Fsp3) is 0.154. The lowest BCUT2D eigenvalue weighted by atomic mass is 10.1. The monoisotopic (exact) mass is 298 g/mol. The lowest BCUT2D eigenvalue weighted by Gasteiger charge is -2.13. The standard InChI is InChI=1S/C13H12ClFN2OS/c1-7(10-5-6-11(14)19-10)17-13(18)8-3-2-4-9(15)12(8)16/h2-7H,16H2,1H3,(H,17,18). The average molecular weight is 299 g/mol. The molecule has 1 aromatic heterocycles. The van der Waals surface area contributed by atoms with Gasteiger partial charge >= 0.3 is 0 Å². The minimum atomic E-state index is -0.598. The van der Waals surface area contributed by atoms with Crippen molar-refractivity contribution in [1.82, 2.24) is 5.32 Å². The number of nitrogens with one attached hydrogen (secondary N) is 1. The lowest BCUT2D eigenvalue weighted by molar-refractivity contribution is 0.0941. The summed E-state index contributed by atoms with van der Waals surface area (Å²) in [4.78, 5) is 12.9. The third-order valence-corrected chi connectivity index (χ3v) is 4.08. The van der Waals surface area contributed by atoms with E-state index in [1.54, 1.807) is 6.07 Å². The molecule has 0 aliphatic carbocycles. The molecule has 1 heterocycles. The summed E-state index contributed by atoms with van der Waals surface area (Å²) in [5.41, 5.74) is 5.54. The quantitative estimate of drug-likeness (QED) is 0.851. The van der Waals surface area contributed by atoms with Crippen molar-refractivity contribution in [3.8, 4) is 0 Å². The van der Waals surface area contributed by atoms with Crippen LogP contribution in [0.5, 0.6) is 0 Å². The first-order valence-electron chi connectivity index (χ1n) is 5.59. The Morgan fingerprint density at radius 1 is 1.42 bits per heavy atom. The van der Waals surface area contributed by atoms with Crippen molar-refractivity contribution in [2.45, 2.75) is 13.0 Å². The van der Waals surface area contributed by atoms with Crippen molar-refractivity contribution in [2.24, 2.45) is 0 Å². The summed E-state index contributed by atoms with van der Waals surface area (Å²) >= 11 is 7.23. The Balaban J connectivity index is 2.15. The predicted octanol–water partition coefficient (Wildman–Crippen LogP) is 3.61. The number of benzene rings is 1. The highest BCUT2D eigenvalue weighted by atomic mass is 35.5. The Bertz CT molecular complexity index is 614. The summed E-state index contributed by atoms with van der Waals surface area (Å²) in [6, 6.07) is 7.55. The first-order valence-corrected chi connectivity index (χ1v) is 6.78. The van der Waals surface area contributed by atoms with Crippen LogP contribution in [-0.4, -0.2) is 5.91 Å². The molecule has 0 aliphatic rings. The van der Waals surface area contributed by atoms with E-state index in [9.17, 15) is 9.18 Å². The first-order chi connectivity index (χ1) is 8.99. The number of hydrogen-bond acceptors (Lipinski definition) is 3. The van der Waals surface area contributed by atoms with E-state index in [1.807, 2.05) is 13.0 Å². The molecule has 6 heteroatoms. The summed E-state index contributed by atoms with van der Waals surface area (Å²) in [6.45, 7) is 1.83. The number of halogens is 2. The Morgan fingerprint density at radius 2 is 2.16 bits per heavy atom. The largest absolute Gasteiger partial charge is 0.396 e. The molecule has 0 bridgehead atoms. The van der Waals surface area contributed by atoms with Crippen LogP contribution >= 0.6 is 22.9 Å². The number of nitrogen functional groups attached to an aromatic ring is 1. The van der Waals surface area contributed by atoms with E-state index in [4.69, 9.17) is 17.3 Å². The first kappa shape index (κ1) is 13.8. The number of para-hydroxylation sites is 1. The van der Waals surface area contributed by atoms with Crippen molar-refractivity contribution < 1.29 is 9.18 Å². The molecule has 3 N–H and O–H groups in total. The highest BCUT2D eigenvalue weighted by Gasteiger charge is 2.16. The number of nitrogens with two attached hydrogens (primary N) is 1. The van der Waals surface area contributed by atoms with E-state index in [-0.39, 0.29) is 17.3 Å². The van der Waals surface area contributed by atoms with Gasteiger partial charge in [0.1, 0.15) is 5.82 Å². The molecule has 2 rings (SSSR count). The summed E-state index contributed by atoms with van der Waals surface area (Å²) in [7, 11) is 0. The van der Waals surface area contributed by atoms with Crippen LogP contribution in [0.1, 0.15) is 28.2 Å². The molecular weight excluding hydrogens is 287 g/mol. The number of rotatable bonds is 3. The normalized spacial score (nSPS) is 12.2. The second-order valence-corrected chi connectivity index (χ2v) is 5.78. The minimum absolute atomic E-state index is 0.134. The maximum Gasteiger partial charge on any atom is 0.253 e. The molecule has 0 aliphatic heterocycles. The van der Waals surface area contributed by atoms with Gasteiger partial charge in [-0.1, -0.05) is 17.7 Å². The minimum Gasteiger partial charge on any atom is -0.396 e. The highest BCUT2D eigenvalue weighted by Crippen LogP contribution is 2.27. The molecule has 1 aromatic carbocycles. The SMILES string of the molecule is CC(NC(=O)c1cccc(F)c1N)c1ccc(Cl)s1. The number of thiophene rings is 1. The fourth-order valence-corrected chi connectivity index (χ4v) is 2.70. The van der Waals surface area contributed by atoms with E-state index in [2.05, 4.69) is 5.32 Å². The highest BCUT2D eigenvalue weighted by molar-refractivity contribution is 7.16. The van der Waals surface area contributed by atoms with Crippen LogP contribution < -0.4 is 11.1 Å². The Labute approximate surface area is 119 Å². The predicted molar refractivity (Wildman–Crippen MR) is 76.0 cm³/mol. The number of carbonyl (C=O) groups excluding carboxylic acids is 1. The molecule has 100 valence electrons. The molecule has 0 fully saturated rings. The zero-order chi connectivity index (χ0) is 14.0. The van der Waals surface area contributed by atoms with E-state index < -0.39 is 11.7 Å². The molecule has 1 atom stereocenters. The molecule has 2 aromatic rings. The van der Waals surface area contributed by atoms with Crippen LogP contribution in [0.25, 0.3) is 0 Å². The van der Waals surface area contributed by atoms with E-state index >= 15 is 0 Å². The van der Waals surface area contributed by atoms with E-state index in [0.717, 1.165) is 4.88 Å². The molecule has 0 saturated carbocycles. The average Bonchev–Trinajstić information content (AvgIpc) is 2.79. The second kappa shape index (κ2) is 5.59. The van der Waals surface area contributed by atoms with Gasteiger partial charge in [0.2, 0.25) is 0 Å². The number of anilines is 1. The zero-order valence-corrected chi connectivity index (χ0v) is 11.7. The van der Waals surface area contributed by atoms with Gasteiger partial charge in [-0.15, -0.1) is 11.3 Å². The van der Waals surface area contributed by atoms with Crippen LogP contribution in [0.2, 0.25) is 4.34 Å². The van der Waals surface area contributed by atoms with Crippen molar-refractivity contribution in [2.75, 3.05) is 5.73 Å². The smallest absolute Gasteiger partial charge is 0.253 e. The van der Waals surface area contributed by atoms with Crippen molar-refractivity contribution in [1.29, 1.82) is 0 Å². The molecule has 0 saturated heterocycles. The van der Waals surface area contributed by atoms with E-state index in [1.165, 1.54) is 29.5 Å². The van der Waals surface area contributed by atoms with Crippen LogP contribution in [0.3, 0.4) is 0 Å². The van der Waals surface area contributed by atoms with Crippen LogP contribution in [0, 0.1) is 5.82 Å². The van der Waals surface area contributed by atoms with Crippen molar-refractivity contribution >= 4 is 34.5 Å². The Kier molecular flexibility index (Phi) is 4.07. The van der Waals surface area contributed by atoms with Crippen molar-refractivity contribution in [3.63, 3.8) is 0 Å². The third kappa shape index (κ3) is 3.05. The Hall–Kier alpha value is -1.59.